The Hall–Kier alpha value is -1.88. The van der Waals surface area contributed by atoms with E-state index in [0.717, 1.165) is 24.2 Å². The highest BCUT2D eigenvalue weighted by Gasteiger charge is 2.32. The Bertz CT molecular complexity index is 682. The fourth-order valence-electron chi connectivity index (χ4n) is 3.44. The molecule has 0 aromatic carbocycles. The second kappa shape index (κ2) is 4.56. The number of hydrogen-bond acceptors (Lipinski definition) is 3. The lowest BCUT2D eigenvalue weighted by atomic mass is 9.99. The van der Waals surface area contributed by atoms with E-state index in [1.807, 2.05) is 24.5 Å². The van der Waals surface area contributed by atoms with E-state index < -0.39 is 0 Å². The molecule has 2 unspecified atom stereocenters. The Morgan fingerprint density at radius 1 is 1.48 bits per heavy atom. The van der Waals surface area contributed by atoms with Crippen molar-refractivity contribution < 1.29 is 4.39 Å². The summed E-state index contributed by atoms with van der Waals surface area (Å²) in [5, 5.41) is 1.99. The Balaban J connectivity index is 1.62. The van der Waals surface area contributed by atoms with Gasteiger partial charge in [0.1, 0.15) is 5.83 Å². The minimum Gasteiger partial charge on any atom is -0.334 e. The van der Waals surface area contributed by atoms with Gasteiger partial charge in [-0.15, -0.1) is 0 Å². The minimum absolute atomic E-state index is 0.0619. The van der Waals surface area contributed by atoms with Crippen molar-refractivity contribution in [2.75, 3.05) is 0 Å². The first-order valence-electron chi connectivity index (χ1n) is 7.49. The maximum absolute atomic E-state index is 14.1. The molecular weight excluding hydrogens is 267 g/mol. The van der Waals surface area contributed by atoms with Crippen molar-refractivity contribution in [3.05, 3.63) is 53.0 Å². The van der Waals surface area contributed by atoms with Gasteiger partial charge in [0.05, 0.1) is 24.1 Å². The molecule has 110 valence electrons. The third-order valence-electron chi connectivity index (χ3n) is 4.57. The van der Waals surface area contributed by atoms with E-state index in [9.17, 15) is 4.39 Å². The highest BCUT2D eigenvalue weighted by molar-refractivity contribution is 5.45. The van der Waals surface area contributed by atoms with E-state index in [1.165, 1.54) is 12.1 Å². The number of hydrogen-bond donors (Lipinski definition) is 1. The van der Waals surface area contributed by atoms with Gasteiger partial charge >= 0.3 is 0 Å². The second-order valence-electron chi connectivity index (χ2n) is 6.05. The molecule has 1 aromatic heterocycles. The Morgan fingerprint density at radius 2 is 2.33 bits per heavy atom. The SMILES string of the molecule is CC1=CC2NN(C(C)c3ncn4c3CCC4)C=C2C(F)=C1. The lowest BCUT2D eigenvalue weighted by Gasteiger charge is -2.25. The van der Waals surface area contributed by atoms with Gasteiger partial charge in [-0.2, -0.15) is 0 Å². The van der Waals surface area contributed by atoms with Crippen molar-refractivity contribution in [2.45, 2.75) is 45.3 Å². The summed E-state index contributed by atoms with van der Waals surface area (Å²) in [5.74, 6) is -0.141. The summed E-state index contributed by atoms with van der Waals surface area (Å²) in [6.45, 7) is 5.10. The largest absolute Gasteiger partial charge is 0.334 e. The molecule has 3 heterocycles. The number of imidazole rings is 1. The van der Waals surface area contributed by atoms with Crippen molar-refractivity contribution in [1.82, 2.24) is 20.0 Å². The second-order valence-corrected chi connectivity index (χ2v) is 6.05. The number of aryl methyl sites for hydroxylation is 1. The van der Waals surface area contributed by atoms with E-state index in [4.69, 9.17) is 0 Å². The lowest BCUT2D eigenvalue weighted by Crippen LogP contribution is -2.37. The number of halogens is 1. The Kier molecular flexibility index (Phi) is 2.79. The predicted octanol–water partition coefficient (Wildman–Crippen LogP) is 2.78. The van der Waals surface area contributed by atoms with Gasteiger partial charge in [0.2, 0.25) is 0 Å². The van der Waals surface area contributed by atoms with Gasteiger partial charge in [0, 0.05) is 24.0 Å². The molecule has 0 saturated carbocycles. The molecule has 0 saturated heterocycles. The van der Waals surface area contributed by atoms with Gasteiger partial charge in [-0.25, -0.2) is 14.8 Å². The summed E-state index contributed by atoms with van der Waals surface area (Å²) in [7, 11) is 0. The Labute approximate surface area is 123 Å². The molecule has 4 rings (SSSR count). The van der Waals surface area contributed by atoms with E-state index >= 15 is 0 Å². The number of rotatable bonds is 2. The molecule has 5 heteroatoms. The van der Waals surface area contributed by atoms with Crippen LogP contribution in [0.25, 0.3) is 0 Å². The number of aromatic nitrogens is 2. The van der Waals surface area contributed by atoms with E-state index in [1.54, 1.807) is 6.08 Å². The molecule has 0 fully saturated rings. The third-order valence-corrected chi connectivity index (χ3v) is 4.57. The summed E-state index contributed by atoms with van der Waals surface area (Å²) < 4.78 is 16.3. The van der Waals surface area contributed by atoms with Crippen LogP contribution in [-0.2, 0) is 13.0 Å². The van der Waals surface area contributed by atoms with E-state index in [2.05, 4.69) is 28.0 Å². The van der Waals surface area contributed by atoms with Gasteiger partial charge in [-0.3, -0.25) is 0 Å². The summed E-state index contributed by atoms with van der Waals surface area (Å²) >= 11 is 0. The predicted molar refractivity (Wildman–Crippen MR) is 78.8 cm³/mol. The van der Waals surface area contributed by atoms with Gasteiger partial charge in [0.25, 0.3) is 0 Å². The van der Waals surface area contributed by atoms with Gasteiger partial charge in [-0.05, 0) is 32.8 Å². The zero-order valence-corrected chi connectivity index (χ0v) is 12.3. The van der Waals surface area contributed by atoms with Crippen LogP contribution < -0.4 is 5.43 Å². The topological polar surface area (TPSA) is 33.1 Å². The van der Waals surface area contributed by atoms with Gasteiger partial charge in [-0.1, -0.05) is 11.6 Å². The maximum atomic E-state index is 14.1. The van der Waals surface area contributed by atoms with Crippen LogP contribution in [-0.4, -0.2) is 20.6 Å². The monoisotopic (exact) mass is 286 g/mol. The Morgan fingerprint density at radius 3 is 3.19 bits per heavy atom. The van der Waals surface area contributed by atoms with Crippen molar-refractivity contribution in [3.8, 4) is 0 Å². The molecule has 0 spiro atoms. The van der Waals surface area contributed by atoms with Crippen molar-refractivity contribution in [3.63, 3.8) is 0 Å². The highest BCUT2D eigenvalue weighted by atomic mass is 19.1. The van der Waals surface area contributed by atoms with Crippen LogP contribution in [0, 0.1) is 0 Å². The quantitative estimate of drug-likeness (QED) is 0.907. The van der Waals surface area contributed by atoms with Crippen LogP contribution in [0.2, 0.25) is 0 Å². The molecule has 0 radical (unpaired) electrons. The van der Waals surface area contributed by atoms with Crippen molar-refractivity contribution >= 4 is 0 Å². The zero-order chi connectivity index (χ0) is 14.6. The van der Waals surface area contributed by atoms with Crippen LogP contribution in [0.3, 0.4) is 0 Å². The maximum Gasteiger partial charge on any atom is 0.130 e. The van der Waals surface area contributed by atoms with E-state index in [0.29, 0.717) is 5.57 Å². The zero-order valence-electron chi connectivity index (χ0n) is 12.3. The average Bonchev–Trinajstić information content (AvgIpc) is 3.11. The molecule has 1 aliphatic carbocycles. The first kappa shape index (κ1) is 12.8. The standard InChI is InChI=1S/C16H19FN4/c1-10-6-13(17)12-8-21(19-14(12)7-10)11(2)16-15-4-3-5-20(15)9-18-16/h6-9,11,14,19H,3-5H2,1-2H3. The van der Waals surface area contributed by atoms with Crippen LogP contribution in [0.1, 0.15) is 37.7 Å². The molecule has 1 N–H and O–H groups in total. The van der Waals surface area contributed by atoms with Gasteiger partial charge < -0.3 is 9.58 Å². The normalized spacial score (nSPS) is 25.2. The first-order valence-corrected chi connectivity index (χ1v) is 7.49. The van der Waals surface area contributed by atoms with E-state index in [-0.39, 0.29) is 17.9 Å². The number of nitrogens with one attached hydrogen (secondary N) is 1. The lowest BCUT2D eigenvalue weighted by molar-refractivity contribution is 0.219. The minimum atomic E-state index is -0.141. The summed E-state index contributed by atoms with van der Waals surface area (Å²) in [6, 6.07) is 0.0343. The number of allylic oxidation sites excluding steroid dienone is 2. The van der Waals surface area contributed by atoms with Crippen molar-refractivity contribution in [2.24, 2.45) is 0 Å². The smallest absolute Gasteiger partial charge is 0.130 e. The fourth-order valence-corrected chi connectivity index (χ4v) is 3.44. The third kappa shape index (κ3) is 1.95. The van der Waals surface area contributed by atoms with Crippen LogP contribution in [0.15, 0.2) is 41.7 Å². The molecule has 3 aliphatic rings. The fraction of sp³-hybridized carbons (Fsp3) is 0.438. The molecular formula is C16H19FN4. The summed E-state index contributed by atoms with van der Waals surface area (Å²) in [6.07, 6.45) is 9.72. The van der Waals surface area contributed by atoms with Crippen LogP contribution in [0.4, 0.5) is 4.39 Å². The molecule has 1 aromatic rings. The van der Waals surface area contributed by atoms with Crippen LogP contribution in [0.5, 0.6) is 0 Å². The molecule has 2 aliphatic heterocycles. The summed E-state index contributed by atoms with van der Waals surface area (Å²) in [4.78, 5) is 4.56. The summed E-state index contributed by atoms with van der Waals surface area (Å²) in [5.41, 5.74) is 7.45. The first-order chi connectivity index (χ1) is 10.1. The highest BCUT2D eigenvalue weighted by Crippen LogP contribution is 2.33. The molecule has 0 amide bonds. The molecule has 4 nitrogen and oxygen atoms in total. The average molecular weight is 286 g/mol. The molecule has 2 atom stereocenters. The van der Waals surface area contributed by atoms with Gasteiger partial charge in [0.15, 0.2) is 0 Å². The van der Waals surface area contributed by atoms with Crippen LogP contribution >= 0.6 is 0 Å². The molecule has 21 heavy (non-hydrogen) atoms. The molecule has 0 bridgehead atoms. The van der Waals surface area contributed by atoms with Crippen molar-refractivity contribution in [1.29, 1.82) is 0 Å². The number of fused-ring (bicyclic) bond motifs is 2. The number of hydrazine groups is 1. The number of nitrogens with zero attached hydrogens (tertiary/aromatic N) is 3.